The van der Waals surface area contributed by atoms with Gasteiger partial charge in [0.1, 0.15) is 0 Å². The number of ether oxygens (including phenoxy) is 1. The molecule has 0 fully saturated rings. The molecule has 0 aromatic carbocycles. The molecular weight excluding hydrogens is 176 g/mol. The van der Waals surface area contributed by atoms with E-state index in [2.05, 4.69) is 42.1 Å². The van der Waals surface area contributed by atoms with Crippen LogP contribution in [0.3, 0.4) is 0 Å². The fourth-order valence-corrected chi connectivity index (χ4v) is 1.40. The Labute approximate surface area is 86.1 Å². The van der Waals surface area contributed by atoms with Gasteiger partial charge in [0.05, 0.1) is 12.7 Å². The van der Waals surface area contributed by atoms with Gasteiger partial charge >= 0.3 is 0 Å². The maximum Gasteiger partial charge on any atom is 0.0649 e. The van der Waals surface area contributed by atoms with Crippen LogP contribution in [0.5, 0.6) is 0 Å². The highest BCUT2D eigenvalue weighted by Gasteiger charge is 1.99. The Morgan fingerprint density at radius 3 is 2.93 bits per heavy atom. The molecule has 1 N–H and O–H groups in total. The van der Waals surface area contributed by atoms with Gasteiger partial charge in [-0.2, -0.15) is 0 Å². The van der Waals surface area contributed by atoms with Crippen molar-refractivity contribution in [3.8, 4) is 0 Å². The number of rotatable bonds is 6. The molecule has 1 heterocycles. The fourth-order valence-electron chi connectivity index (χ4n) is 1.40. The normalized spacial score (nSPS) is 11.1. The molecule has 0 saturated carbocycles. The lowest BCUT2D eigenvalue weighted by Crippen LogP contribution is -2.14. The zero-order chi connectivity index (χ0) is 10.4. The number of hydrogen-bond donors (Lipinski definition) is 1. The highest BCUT2D eigenvalue weighted by molar-refractivity contribution is 5.06. The Balaban J connectivity index is 2.37. The summed E-state index contributed by atoms with van der Waals surface area (Å²) in [5.41, 5.74) is 1.31. The van der Waals surface area contributed by atoms with Crippen molar-refractivity contribution in [3.63, 3.8) is 0 Å². The monoisotopic (exact) mass is 196 g/mol. The fraction of sp³-hybridized carbons (Fsp3) is 0.636. The number of hydrogen-bond acceptors (Lipinski definition) is 2. The molecular formula is C11H20N2O. The Bertz CT molecular complexity index is 256. The summed E-state index contributed by atoms with van der Waals surface area (Å²) in [7, 11) is 1.96. The molecule has 0 saturated heterocycles. The Kier molecular flexibility index (Phi) is 4.70. The van der Waals surface area contributed by atoms with Crippen molar-refractivity contribution in [1.29, 1.82) is 0 Å². The van der Waals surface area contributed by atoms with Gasteiger partial charge in [-0.05, 0) is 33.0 Å². The highest BCUT2D eigenvalue weighted by atomic mass is 16.5. The van der Waals surface area contributed by atoms with Gasteiger partial charge in [-0.3, -0.25) is 0 Å². The van der Waals surface area contributed by atoms with Gasteiger partial charge in [0, 0.05) is 25.0 Å². The van der Waals surface area contributed by atoms with Crippen LogP contribution in [-0.4, -0.2) is 24.3 Å². The molecule has 0 atom stereocenters. The molecule has 1 rings (SSSR count). The molecule has 0 spiro atoms. The summed E-state index contributed by atoms with van der Waals surface area (Å²) in [6.45, 7) is 6.74. The van der Waals surface area contributed by atoms with Crippen molar-refractivity contribution >= 4 is 0 Å². The van der Waals surface area contributed by atoms with Crippen molar-refractivity contribution in [2.75, 3.05) is 13.7 Å². The molecule has 1 aromatic rings. The first kappa shape index (κ1) is 11.3. The Morgan fingerprint density at radius 2 is 2.29 bits per heavy atom. The van der Waals surface area contributed by atoms with E-state index in [1.165, 1.54) is 5.69 Å². The van der Waals surface area contributed by atoms with Crippen LogP contribution in [0.15, 0.2) is 18.3 Å². The topological polar surface area (TPSA) is 26.2 Å². The van der Waals surface area contributed by atoms with E-state index in [0.717, 1.165) is 19.7 Å². The summed E-state index contributed by atoms with van der Waals surface area (Å²) in [5.74, 6) is 0. The van der Waals surface area contributed by atoms with Crippen molar-refractivity contribution < 1.29 is 4.74 Å². The van der Waals surface area contributed by atoms with Gasteiger partial charge in [-0.15, -0.1) is 0 Å². The second kappa shape index (κ2) is 5.83. The number of nitrogens with one attached hydrogen (secondary N) is 1. The average molecular weight is 196 g/mol. The molecule has 3 nitrogen and oxygen atoms in total. The Hall–Kier alpha value is -0.800. The zero-order valence-electron chi connectivity index (χ0n) is 9.29. The first-order valence-electron chi connectivity index (χ1n) is 5.14. The molecule has 14 heavy (non-hydrogen) atoms. The number of aromatic nitrogens is 1. The second-order valence-corrected chi connectivity index (χ2v) is 3.64. The Morgan fingerprint density at radius 1 is 1.50 bits per heavy atom. The molecule has 0 radical (unpaired) electrons. The van der Waals surface area contributed by atoms with Crippen LogP contribution >= 0.6 is 0 Å². The SMILES string of the molecule is CNCc1cccn1CCOC(C)C. The maximum atomic E-state index is 5.51. The third kappa shape index (κ3) is 3.52. The summed E-state index contributed by atoms with van der Waals surface area (Å²) in [6.07, 6.45) is 2.41. The van der Waals surface area contributed by atoms with Crippen LogP contribution in [0, 0.1) is 0 Å². The van der Waals surface area contributed by atoms with Crippen molar-refractivity contribution in [1.82, 2.24) is 9.88 Å². The second-order valence-electron chi connectivity index (χ2n) is 3.64. The van der Waals surface area contributed by atoms with E-state index < -0.39 is 0 Å². The summed E-state index contributed by atoms with van der Waals surface area (Å²) in [6, 6.07) is 4.20. The lowest BCUT2D eigenvalue weighted by molar-refractivity contribution is 0.0724. The summed E-state index contributed by atoms with van der Waals surface area (Å²) in [4.78, 5) is 0. The van der Waals surface area contributed by atoms with Gasteiger partial charge in [0.2, 0.25) is 0 Å². The lowest BCUT2D eigenvalue weighted by atomic mass is 10.4. The quantitative estimate of drug-likeness (QED) is 0.748. The molecule has 0 bridgehead atoms. The van der Waals surface area contributed by atoms with Gasteiger partial charge in [0.15, 0.2) is 0 Å². The van der Waals surface area contributed by atoms with Crippen LogP contribution in [0.2, 0.25) is 0 Å². The molecule has 1 aromatic heterocycles. The average Bonchev–Trinajstić information content (AvgIpc) is 2.53. The van der Waals surface area contributed by atoms with E-state index in [9.17, 15) is 0 Å². The van der Waals surface area contributed by atoms with Gasteiger partial charge in [-0.1, -0.05) is 0 Å². The lowest BCUT2D eigenvalue weighted by Gasteiger charge is -2.11. The number of nitrogens with zero attached hydrogens (tertiary/aromatic N) is 1. The van der Waals surface area contributed by atoms with E-state index in [0.29, 0.717) is 6.10 Å². The zero-order valence-corrected chi connectivity index (χ0v) is 9.29. The largest absolute Gasteiger partial charge is 0.377 e. The first-order valence-corrected chi connectivity index (χ1v) is 5.14. The predicted molar refractivity (Wildman–Crippen MR) is 58.3 cm³/mol. The minimum absolute atomic E-state index is 0.318. The third-order valence-electron chi connectivity index (χ3n) is 2.06. The molecule has 0 aliphatic rings. The minimum atomic E-state index is 0.318. The molecule has 80 valence electrons. The summed E-state index contributed by atoms with van der Waals surface area (Å²) < 4.78 is 7.73. The van der Waals surface area contributed by atoms with E-state index in [1.54, 1.807) is 0 Å². The van der Waals surface area contributed by atoms with Gasteiger partial charge < -0.3 is 14.6 Å². The molecule has 0 aliphatic carbocycles. The van der Waals surface area contributed by atoms with Crippen LogP contribution in [0.4, 0.5) is 0 Å². The molecule has 0 aliphatic heterocycles. The van der Waals surface area contributed by atoms with Gasteiger partial charge in [0.25, 0.3) is 0 Å². The van der Waals surface area contributed by atoms with Crippen LogP contribution in [-0.2, 0) is 17.8 Å². The summed E-state index contributed by atoms with van der Waals surface area (Å²) >= 11 is 0. The van der Waals surface area contributed by atoms with Crippen LogP contribution < -0.4 is 5.32 Å². The molecule has 0 unspecified atom stereocenters. The smallest absolute Gasteiger partial charge is 0.0649 e. The van der Waals surface area contributed by atoms with Gasteiger partial charge in [-0.25, -0.2) is 0 Å². The van der Waals surface area contributed by atoms with Crippen LogP contribution in [0.1, 0.15) is 19.5 Å². The van der Waals surface area contributed by atoms with E-state index in [-0.39, 0.29) is 0 Å². The van der Waals surface area contributed by atoms with Crippen molar-refractivity contribution in [2.24, 2.45) is 0 Å². The molecule has 0 amide bonds. The summed E-state index contributed by atoms with van der Waals surface area (Å²) in [5, 5.41) is 3.15. The maximum absolute atomic E-state index is 5.51. The molecule has 3 heteroatoms. The van der Waals surface area contributed by atoms with E-state index >= 15 is 0 Å². The standard InChI is InChI=1S/C11H20N2O/c1-10(2)14-8-7-13-6-4-5-11(13)9-12-3/h4-6,10,12H,7-9H2,1-3H3. The van der Waals surface area contributed by atoms with Crippen LogP contribution in [0.25, 0.3) is 0 Å². The van der Waals surface area contributed by atoms with E-state index in [1.807, 2.05) is 7.05 Å². The minimum Gasteiger partial charge on any atom is -0.377 e. The first-order chi connectivity index (χ1) is 6.74. The van der Waals surface area contributed by atoms with E-state index in [4.69, 9.17) is 4.74 Å². The van der Waals surface area contributed by atoms with Crippen molar-refractivity contribution in [2.45, 2.75) is 33.0 Å². The highest BCUT2D eigenvalue weighted by Crippen LogP contribution is 2.02. The third-order valence-corrected chi connectivity index (χ3v) is 2.06. The van der Waals surface area contributed by atoms with Crippen molar-refractivity contribution in [3.05, 3.63) is 24.0 Å². The predicted octanol–water partition coefficient (Wildman–Crippen LogP) is 1.63.